The number of hydrogen-bond acceptors (Lipinski definition) is 2. The highest BCUT2D eigenvalue weighted by atomic mass is 35.5. The molecule has 2 rings (SSSR count). The molecule has 0 saturated heterocycles. The molecule has 4 heteroatoms. The van der Waals surface area contributed by atoms with Gasteiger partial charge in [-0.25, -0.2) is 4.98 Å². The van der Waals surface area contributed by atoms with E-state index in [0.29, 0.717) is 16.4 Å². The number of hydrogen-bond donors (Lipinski definition) is 1. The van der Waals surface area contributed by atoms with Crippen LogP contribution in [-0.4, -0.2) is 15.8 Å². The molecule has 1 heterocycles. The van der Waals surface area contributed by atoms with Crippen LogP contribution < -0.4 is 0 Å². The van der Waals surface area contributed by atoms with Crippen molar-refractivity contribution >= 4 is 17.4 Å². The van der Waals surface area contributed by atoms with Crippen LogP contribution in [0.1, 0.15) is 16.2 Å². The van der Waals surface area contributed by atoms with Crippen molar-refractivity contribution in [2.75, 3.05) is 0 Å². The molecule has 0 bridgehead atoms. The molecule has 0 unspecified atom stereocenters. The van der Waals surface area contributed by atoms with Crippen molar-refractivity contribution in [3.05, 3.63) is 53.1 Å². The van der Waals surface area contributed by atoms with Crippen molar-refractivity contribution in [3.63, 3.8) is 0 Å². The molecule has 1 aromatic carbocycles. The SMILES string of the molecule is O=C(Cc1ncc[nH]1)c1ccccc1Cl. The second-order valence-electron chi connectivity index (χ2n) is 3.12. The summed E-state index contributed by atoms with van der Waals surface area (Å²) in [4.78, 5) is 18.7. The molecule has 1 N–H and O–H groups in total. The Labute approximate surface area is 92.1 Å². The van der Waals surface area contributed by atoms with Crippen LogP contribution in [0.25, 0.3) is 0 Å². The lowest BCUT2D eigenvalue weighted by atomic mass is 10.1. The predicted molar refractivity (Wildman–Crippen MR) is 58.1 cm³/mol. The molecular weight excluding hydrogens is 212 g/mol. The first-order valence-electron chi connectivity index (χ1n) is 4.53. The van der Waals surface area contributed by atoms with Crippen LogP contribution >= 0.6 is 11.6 Å². The van der Waals surface area contributed by atoms with Crippen molar-refractivity contribution in [2.45, 2.75) is 6.42 Å². The number of aromatic nitrogens is 2. The Morgan fingerprint density at radius 1 is 1.40 bits per heavy atom. The standard InChI is InChI=1S/C11H9ClN2O/c12-9-4-2-1-3-8(9)10(15)7-11-13-5-6-14-11/h1-6H,7H2,(H,13,14). The lowest BCUT2D eigenvalue weighted by molar-refractivity contribution is 0.0991. The van der Waals surface area contributed by atoms with Gasteiger partial charge in [0.25, 0.3) is 0 Å². The second-order valence-corrected chi connectivity index (χ2v) is 3.52. The number of halogens is 1. The Kier molecular flexibility index (Phi) is 2.83. The number of ketones is 1. The predicted octanol–water partition coefficient (Wildman–Crippen LogP) is 2.49. The summed E-state index contributed by atoms with van der Waals surface area (Å²) in [6.45, 7) is 0. The molecule has 0 aliphatic rings. The van der Waals surface area contributed by atoms with Crippen LogP contribution in [0.15, 0.2) is 36.7 Å². The highest BCUT2D eigenvalue weighted by Gasteiger charge is 2.11. The average Bonchev–Trinajstić information content (AvgIpc) is 2.71. The van der Waals surface area contributed by atoms with E-state index in [0.717, 1.165) is 0 Å². The first-order chi connectivity index (χ1) is 7.27. The monoisotopic (exact) mass is 220 g/mol. The fourth-order valence-corrected chi connectivity index (χ4v) is 1.57. The number of H-pyrrole nitrogens is 1. The summed E-state index contributed by atoms with van der Waals surface area (Å²) in [5, 5.41) is 0.481. The highest BCUT2D eigenvalue weighted by Crippen LogP contribution is 2.16. The number of carbonyl (C=O) groups excluding carboxylic acids is 1. The quantitative estimate of drug-likeness (QED) is 0.808. The second kappa shape index (κ2) is 4.28. The van der Waals surface area contributed by atoms with Crippen molar-refractivity contribution in [2.24, 2.45) is 0 Å². The Hall–Kier alpha value is -1.61. The molecule has 0 saturated carbocycles. The molecule has 1 aromatic heterocycles. The number of rotatable bonds is 3. The minimum atomic E-state index is -0.0319. The smallest absolute Gasteiger partial charge is 0.171 e. The van der Waals surface area contributed by atoms with E-state index in [1.54, 1.807) is 36.7 Å². The third-order valence-corrected chi connectivity index (χ3v) is 2.39. The summed E-state index contributed by atoms with van der Waals surface area (Å²) in [6, 6.07) is 7.01. The Morgan fingerprint density at radius 2 is 2.20 bits per heavy atom. The van der Waals surface area contributed by atoms with Crippen LogP contribution in [0.3, 0.4) is 0 Å². The van der Waals surface area contributed by atoms with Gasteiger partial charge in [-0.1, -0.05) is 23.7 Å². The van der Waals surface area contributed by atoms with Crippen LogP contribution in [0.5, 0.6) is 0 Å². The number of carbonyl (C=O) groups is 1. The lowest BCUT2D eigenvalue weighted by Gasteiger charge is -2.00. The van der Waals surface area contributed by atoms with Gasteiger partial charge in [-0.2, -0.15) is 0 Å². The minimum Gasteiger partial charge on any atom is -0.348 e. The van der Waals surface area contributed by atoms with Gasteiger partial charge in [-0.3, -0.25) is 4.79 Å². The van der Waals surface area contributed by atoms with Gasteiger partial charge in [0, 0.05) is 18.0 Å². The normalized spacial score (nSPS) is 10.2. The van der Waals surface area contributed by atoms with Crippen LogP contribution in [0, 0.1) is 0 Å². The van der Waals surface area contributed by atoms with Gasteiger partial charge in [-0.05, 0) is 12.1 Å². The fraction of sp³-hybridized carbons (Fsp3) is 0.0909. The maximum atomic E-state index is 11.8. The molecule has 0 fully saturated rings. The molecule has 0 amide bonds. The van der Waals surface area contributed by atoms with Gasteiger partial charge >= 0.3 is 0 Å². The maximum absolute atomic E-state index is 11.8. The first kappa shape index (κ1) is 9.93. The summed E-state index contributed by atoms with van der Waals surface area (Å²) in [7, 11) is 0. The Balaban J connectivity index is 2.19. The minimum absolute atomic E-state index is 0.0319. The molecular formula is C11H9ClN2O. The van der Waals surface area contributed by atoms with E-state index in [-0.39, 0.29) is 12.2 Å². The molecule has 76 valence electrons. The van der Waals surface area contributed by atoms with Gasteiger partial charge in [0.2, 0.25) is 0 Å². The number of aromatic amines is 1. The van der Waals surface area contributed by atoms with E-state index in [4.69, 9.17) is 11.6 Å². The van der Waals surface area contributed by atoms with Gasteiger partial charge in [-0.15, -0.1) is 0 Å². The summed E-state index contributed by atoms with van der Waals surface area (Å²) < 4.78 is 0. The van der Waals surface area contributed by atoms with E-state index in [2.05, 4.69) is 9.97 Å². The number of benzene rings is 1. The van der Waals surface area contributed by atoms with Crippen LogP contribution in [-0.2, 0) is 6.42 Å². The molecule has 0 aliphatic heterocycles. The van der Waals surface area contributed by atoms with E-state index < -0.39 is 0 Å². The van der Waals surface area contributed by atoms with E-state index in [1.165, 1.54) is 0 Å². The number of nitrogens with zero attached hydrogens (tertiary/aromatic N) is 1. The molecule has 3 nitrogen and oxygen atoms in total. The number of imidazole rings is 1. The zero-order chi connectivity index (χ0) is 10.7. The summed E-state index contributed by atoms with van der Waals surface area (Å²) in [5.74, 6) is 0.621. The van der Waals surface area contributed by atoms with Crippen LogP contribution in [0.2, 0.25) is 5.02 Å². The first-order valence-corrected chi connectivity index (χ1v) is 4.91. The Bertz CT molecular complexity index is 465. The van der Waals surface area contributed by atoms with Crippen molar-refractivity contribution in [3.8, 4) is 0 Å². The molecule has 0 aliphatic carbocycles. The van der Waals surface area contributed by atoms with E-state index in [1.807, 2.05) is 0 Å². The van der Waals surface area contributed by atoms with Crippen LogP contribution in [0.4, 0.5) is 0 Å². The third kappa shape index (κ3) is 2.25. The molecule has 2 aromatic rings. The van der Waals surface area contributed by atoms with Gasteiger partial charge < -0.3 is 4.98 Å². The number of nitrogens with one attached hydrogen (secondary N) is 1. The zero-order valence-corrected chi connectivity index (χ0v) is 8.66. The molecule has 0 atom stereocenters. The molecule has 0 spiro atoms. The number of Topliss-reactive ketones (excluding diaryl/α,β-unsaturated/α-hetero) is 1. The zero-order valence-electron chi connectivity index (χ0n) is 7.90. The van der Waals surface area contributed by atoms with Gasteiger partial charge in [0.05, 0.1) is 11.4 Å². The Morgan fingerprint density at radius 3 is 2.87 bits per heavy atom. The third-order valence-electron chi connectivity index (χ3n) is 2.06. The largest absolute Gasteiger partial charge is 0.348 e. The summed E-state index contributed by atoms with van der Waals surface area (Å²) in [5.41, 5.74) is 0.538. The van der Waals surface area contributed by atoms with Gasteiger partial charge in [0.1, 0.15) is 5.82 Å². The maximum Gasteiger partial charge on any atom is 0.171 e. The van der Waals surface area contributed by atoms with Crippen molar-refractivity contribution in [1.29, 1.82) is 0 Å². The fourth-order valence-electron chi connectivity index (χ4n) is 1.33. The van der Waals surface area contributed by atoms with Crippen molar-refractivity contribution < 1.29 is 4.79 Å². The molecule has 0 radical (unpaired) electrons. The van der Waals surface area contributed by atoms with Gasteiger partial charge in [0.15, 0.2) is 5.78 Å². The highest BCUT2D eigenvalue weighted by molar-refractivity contribution is 6.34. The summed E-state index contributed by atoms with van der Waals surface area (Å²) in [6.07, 6.45) is 3.56. The van der Waals surface area contributed by atoms with Crippen molar-refractivity contribution in [1.82, 2.24) is 9.97 Å². The van der Waals surface area contributed by atoms with E-state index >= 15 is 0 Å². The van der Waals surface area contributed by atoms with E-state index in [9.17, 15) is 4.79 Å². The summed E-state index contributed by atoms with van der Waals surface area (Å²) >= 11 is 5.91. The average molecular weight is 221 g/mol. The molecule has 15 heavy (non-hydrogen) atoms. The lowest BCUT2D eigenvalue weighted by Crippen LogP contribution is -2.05. The topological polar surface area (TPSA) is 45.8 Å².